The summed E-state index contributed by atoms with van der Waals surface area (Å²) < 4.78 is 0. The summed E-state index contributed by atoms with van der Waals surface area (Å²) in [5.41, 5.74) is 1.01. The molecule has 0 aliphatic heterocycles. The van der Waals surface area contributed by atoms with Crippen LogP contribution in [-0.4, -0.2) is 28.8 Å². The zero-order valence-electron chi connectivity index (χ0n) is 9.97. The maximum absolute atomic E-state index is 10.5. The topological polar surface area (TPSA) is 69.6 Å². The van der Waals surface area contributed by atoms with E-state index in [2.05, 4.69) is 5.32 Å². The predicted molar refractivity (Wildman–Crippen MR) is 65.7 cm³/mol. The van der Waals surface area contributed by atoms with Gasteiger partial charge in [-0.25, -0.2) is 0 Å². The second-order valence-corrected chi connectivity index (χ2v) is 4.15. The maximum Gasteiger partial charge on any atom is 0.303 e. The Kier molecular flexibility index (Phi) is 5.66. The number of nitrogens with one attached hydrogen (secondary N) is 1. The third-order valence-corrected chi connectivity index (χ3v) is 2.66. The van der Waals surface area contributed by atoms with Gasteiger partial charge in [0.25, 0.3) is 0 Å². The van der Waals surface area contributed by atoms with Gasteiger partial charge in [0.05, 0.1) is 12.6 Å². The minimum atomic E-state index is -0.793. The highest BCUT2D eigenvalue weighted by molar-refractivity contribution is 5.66. The molecule has 4 heteroatoms. The number of hydrogen-bond donors (Lipinski definition) is 3. The molecule has 1 aromatic rings. The molecule has 1 unspecified atom stereocenters. The SMILES string of the molecule is CC(CCC(=O)O)N[C@@H](CO)c1ccccc1. The van der Waals surface area contributed by atoms with E-state index >= 15 is 0 Å². The largest absolute Gasteiger partial charge is 0.481 e. The number of benzene rings is 1. The van der Waals surface area contributed by atoms with Gasteiger partial charge in [-0.2, -0.15) is 0 Å². The highest BCUT2D eigenvalue weighted by Crippen LogP contribution is 2.13. The zero-order valence-corrected chi connectivity index (χ0v) is 9.97. The van der Waals surface area contributed by atoms with Crippen LogP contribution in [0.5, 0.6) is 0 Å². The number of aliphatic hydroxyl groups excluding tert-OH is 1. The molecule has 4 nitrogen and oxygen atoms in total. The van der Waals surface area contributed by atoms with E-state index in [4.69, 9.17) is 5.11 Å². The van der Waals surface area contributed by atoms with Crippen LogP contribution in [0.4, 0.5) is 0 Å². The van der Waals surface area contributed by atoms with Gasteiger partial charge in [-0.3, -0.25) is 4.79 Å². The van der Waals surface area contributed by atoms with Crippen LogP contribution in [-0.2, 0) is 4.79 Å². The first kappa shape index (κ1) is 13.7. The van der Waals surface area contributed by atoms with Crippen LogP contribution < -0.4 is 5.32 Å². The van der Waals surface area contributed by atoms with Crippen LogP contribution in [0.2, 0.25) is 0 Å². The number of carboxylic acid groups (broad SMARTS) is 1. The number of rotatable bonds is 7. The summed E-state index contributed by atoms with van der Waals surface area (Å²) in [5, 5.41) is 21.1. The Morgan fingerprint density at radius 3 is 2.53 bits per heavy atom. The van der Waals surface area contributed by atoms with Gasteiger partial charge in [-0.15, -0.1) is 0 Å². The van der Waals surface area contributed by atoms with E-state index in [1.165, 1.54) is 0 Å². The summed E-state index contributed by atoms with van der Waals surface area (Å²) in [4.78, 5) is 10.5. The molecule has 0 spiro atoms. The summed E-state index contributed by atoms with van der Waals surface area (Å²) in [6.07, 6.45) is 0.694. The van der Waals surface area contributed by atoms with Crippen LogP contribution in [0.1, 0.15) is 31.4 Å². The molecule has 17 heavy (non-hydrogen) atoms. The minimum Gasteiger partial charge on any atom is -0.481 e. The average Bonchev–Trinajstić information content (AvgIpc) is 2.34. The lowest BCUT2D eigenvalue weighted by molar-refractivity contribution is -0.137. The van der Waals surface area contributed by atoms with Gasteiger partial charge < -0.3 is 15.5 Å². The first-order valence-electron chi connectivity index (χ1n) is 5.77. The maximum atomic E-state index is 10.5. The molecule has 3 N–H and O–H groups in total. The third kappa shape index (κ3) is 4.97. The van der Waals surface area contributed by atoms with Crippen molar-refractivity contribution in [3.63, 3.8) is 0 Å². The van der Waals surface area contributed by atoms with Gasteiger partial charge in [0.15, 0.2) is 0 Å². The van der Waals surface area contributed by atoms with Crippen molar-refractivity contribution in [2.75, 3.05) is 6.61 Å². The van der Waals surface area contributed by atoms with Crippen LogP contribution in [0, 0.1) is 0 Å². The lowest BCUT2D eigenvalue weighted by atomic mass is 10.1. The molecule has 0 amide bonds. The molecule has 0 aliphatic rings. The van der Waals surface area contributed by atoms with Gasteiger partial charge >= 0.3 is 5.97 Å². The fourth-order valence-electron chi connectivity index (χ4n) is 1.71. The fourth-order valence-corrected chi connectivity index (χ4v) is 1.71. The Balaban J connectivity index is 2.49. The van der Waals surface area contributed by atoms with Crippen LogP contribution in [0.15, 0.2) is 30.3 Å². The van der Waals surface area contributed by atoms with Crippen LogP contribution >= 0.6 is 0 Å². The first-order valence-corrected chi connectivity index (χ1v) is 5.77. The third-order valence-electron chi connectivity index (χ3n) is 2.66. The van der Waals surface area contributed by atoms with Crippen molar-refractivity contribution in [1.29, 1.82) is 0 Å². The van der Waals surface area contributed by atoms with Gasteiger partial charge in [-0.1, -0.05) is 30.3 Å². The van der Waals surface area contributed by atoms with E-state index < -0.39 is 5.97 Å². The monoisotopic (exact) mass is 237 g/mol. The number of aliphatic carboxylic acids is 1. The van der Waals surface area contributed by atoms with E-state index in [1.807, 2.05) is 37.3 Å². The molecule has 0 saturated heterocycles. The highest BCUT2D eigenvalue weighted by atomic mass is 16.4. The summed E-state index contributed by atoms with van der Waals surface area (Å²) in [6.45, 7) is 1.93. The molecule has 1 rings (SSSR count). The summed E-state index contributed by atoms with van der Waals surface area (Å²) in [6, 6.07) is 9.56. The molecule has 0 radical (unpaired) electrons. The van der Waals surface area contributed by atoms with Crippen molar-refractivity contribution in [1.82, 2.24) is 5.32 Å². The smallest absolute Gasteiger partial charge is 0.303 e. The molecule has 0 saturated carbocycles. The summed E-state index contributed by atoms with van der Waals surface area (Å²) in [5.74, 6) is -0.793. The summed E-state index contributed by atoms with van der Waals surface area (Å²) in [7, 11) is 0. The quantitative estimate of drug-likeness (QED) is 0.673. The Hall–Kier alpha value is -1.39. The number of hydrogen-bond acceptors (Lipinski definition) is 3. The van der Waals surface area contributed by atoms with Crippen molar-refractivity contribution >= 4 is 5.97 Å². The first-order chi connectivity index (χ1) is 8.13. The normalized spacial score (nSPS) is 14.2. The molecular weight excluding hydrogens is 218 g/mol. The van der Waals surface area contributed by atoms with Crippen molar-refractivity contribution in [3.8, 4) is 0 Å². The Morgan fingerprint density at radius 1 is 1.35 bits per heavy atom. The second kappa shape index (κ2) is 7.04. The van der Waals surface area contributed by atoms with Gasteiger partial charge in [0.2, 0.25) is 0 Å². The van der Waals surface area contributed by atoms with E-state index in [0.717, 1.165) is 5.56 Å². The van der Waals surface area contributed by atoms with Crippen LogP contribution in [0.3, 0.4) is 0 Å². The van der Waals surface area contributed by atoms with E-state index in [-0.39, 0.29) is 25.1 Å². The lowest BCUT2D eigenvalue weighted by Crippen LogP contribution is -2.33. The number of carbonyl (C=O) groups is 1. The fraction of sp³-hybridized carbons (Fsp3) is 0.462. The molecule has 0 heterocycles. The van der Waals surface area contributed by atoms with Crippen molar-refractivity contribution < 1.29 is 15.0 Å². The molecule has 0 aromatic heterocycles. The van der Waals surface area contributed by atoms with Crippen molar-refractivity contribution in [2.24, 2.45) is 0 Å². The molecule has 0 fully saturated rings. The second-order valence-electron chi connectivity index (χ2n) is 4.15. The molecule has 94 valence electrons. The average molecular weight is 237 g/mol. The predicted octanol–water partition coefficient (Wildman–Crippen LogP) is 1.56. The van der Waals surface area contributed by atoms with E-state index in [0.29, 0.717) is 6.42 Å². The van der Waals surface area contributed by atoms with E-state index in [9.17, 15) is 9.90 Å². The molecule has 1 aromatic carbocycles. The Labute approximate surface area is 101 Å². The minimum absolute atomic E-state index is 0.00141. The van der Waals surface area contributed by atoms with Gasteiger partial charge in [0, 0.05) is 12.5 Å². The Morgan fingerprint density at radius 2 is 2.00 bits per heavy atom. The van der Waals surface area contributed by atoms with Crippen molar-refractivity contribution in [3.05, 3.63) is 35.9 Å². The molecule has 0 bridgehead atoms. The lowest BCUT2D eigenvalue weighted by Gasteiger charge is -2.21. The Bertz CT molecular complexity index is 340. The molecular formula is C13H19NO3. The van der Waals surface area contributed by atoms with Gasteiger partial charge in [0.1, 0.15) is 0 Å². The molecule has 2 atom stereocenters. The summed E-state index contributed by atoms with van der Waals surface area (Å²) >= 11 is 0. The van der Waals surface area contributed by atoms with Crippen LogP contribution in [0.25, 0.3) is 0 Å². The zero-order chi connectivity index (χ0) is 12.7. The highest BCUT2D eigenvalue weighted by Gasteiger charge is 2.13. The van der Waals surface area contributed by atoms with E-state index in [1.54, 1.807) is 0 Å². The molecule has 0 aliphatic carbocycles. The standard InChI is InChI=1S/C13H19NO3/c1-10(7-8-13(16)17)14-12(9-15)11-5-3-2-4-6-11/h2-6,10,12,14-15H,7-9H2,1H3,(H,16,17)/t10?,12-/m0/s1. The van der Waals surface area contributed by atoms with Gasteiger partial charge in [-0.05, 0) is 18.9 Å². The number of carboxylic acids is 1. The number of aliphatic hydroxyl groups is 1. The van der Waals surface area contributed by atoms with Crippen molar-refractivity contribution in [2.45, 2.75) is 31.8 Å².